The van der Waals surface area contributed by atoms with Gasteiger partial charge in [-0.1, -0.05) is 13.8 Å². The fourth-order valence-electron chi connectivity index (χ4n) is 1.64. The Balaban J connectivity index is 2.40. The highest BCUT2D eigenvalue weighted by molar-refractivity contribution is 5.75. The van der Waals surface area contributed by atoms with E-state index in [-0.39, 0.29) is 18.1 Å². The summed E-state index contributed by atoms with van der Waals surface area (Å²) in [4.78, 5) is 14.0. The molecule has 4 heteroatoms. The summed E-state index contributed by atoms with van der Waals surface area (Å²) in [5, 5.41) is 3.27. The zero-order valence-electron chi connectivity index (χ0n) is 10.8. The lowest BCUT2D eigenvalue weighted by atomic mass is 10.1. The lowest BCUT2D eigenvalue weighted by molar-refractivity contribution is -0.156. The third-order valence-corrected chi connectivity index (χ3v) is 3.28. The molecule has 0 saturated carbocycles. The van der Waals surface area contributed by atoms with E-state index in [0.29, 0.717) is 5.92 Å². The molecule has 2 atom stereocenters. The van der Waals surface area contributed by atoms with Crippen molar-refractivity contribution in [2.45, 2.75) is 39.8 Å². The number of carbonyl (C=O) groups excluding carboxylic acids is 1. The van der Waals surface area contributed by atoms with E-state index in [2.05, 4.69) is 24.1 Å². The molecule has 0 aromatic heterocycles. The van der Waals surface area contributed by atoms with Crippen molar-refractivity contribution in [2.24, 2.45) is 5.92 Å². The fraction of sp³-hybridized carbons (Fsp3) is 0.917. The molecule has 94 valence electrons. The van der Waals surface area contributed by atoms with Crippen molar-refractivity contribution in [3.8, 4) is 0 Å². The molecule has 1 N–H and O–H groups in total. The van der Waals surface area contributed by atoms with Crippen LogP contribution in [0.4, 0.5) is 0 Å². The van der Waals surface area contributed by atoms with Crippen LogP contribution < -0.4 is 5.32 Å². The molecular weight excluding hydrogens is 204 g/mol. The van der Waals surface area contributed by atoms with Crippen molar-refractivity contribution < 1.29 is 9.53 Å². The van der Waals surface area contributed by atoms with E-state index in [0.717, 1.165) is 26.2 Å². The summed E-state index contributed by atoms with van der Waals surface area (Å²) < 4.78 is 5.43. The molecule has 1 rings (SSSR count). The Labute approximate surface area is 98.3 Å². The first-order valence-electron chi connectivity index (χ1n) is 6.17. The Bertz CT molecular complexity index is 225. The Morgan fingerprint density at radius 2 is 1.75 bits per heavy atom. The largest absolute Gasteiger partial charge is 0.461 e. The van der Waals surface area contributed by atoms with Gasteiger partial charge in [0.2, 0.25) is 0 Å². The van der Waals surface area contributed by atoms with Crippen LogP contribution in [0.5, 0.6) is 0 Å². The summed E-state index contributed by atoms with van der Waals surface area (Å²) in [5.41, 5.74) is 0. The molecule has 4 nitrogen and oxygen atoms in total. The first-order valence-corrected chi connectivity index (χ1v) is 6.17. The highest BCUT2D eigenvalue weighted by atomic mass is 16.5. The van der Waals surface area contributed by atoms with Crippen molar-refractivity contribution in [1.29, 1.82) is 0 Å². The number of piperazine rings is 1. The summed E-state index contributed by atoms with van der Waals surface area (Å²) in [6.45, 7) is 11.8. The molecular formula is C12H24N2O2. The molecule has 1 aliphatic heterocycles. The molecule has 0 aromatic carbocycles. The molecule has 0 spiro atoms. The molecule has 0 radical (unpaired) electrons. The maximum absolute atomic E-state index is 11.9. The van der Waals surface area contributed by atoms with E-state index in [4.69, 9.17) is 4.74 Å². The quantitative estimate of drug-likeness (QED) is 0.725. The molecule has 0 bridgehead atoms. The van der Waals surface area contributed by atoms with Crippen LogP contribution in [0.15, 0.2) is 0 Å². The molecule has 16 heavy (non-hydrogen) atoms. The second kappa shape index (κ2) is 6.21. The van der Waals surface area contributed by atoms with Crippen LogP contribution in [-0.4, -0.2) is 49.2 Å². The van der Waals surface area contributed by atoms with Crippen LogP contribution in [0.2, 0.25) is 0 Å². The number of hydrogen-bond acceptors (Lipinski definition) is 4. The predicted octanol–water partition coefficient (Wildman–Crippen LogP) is 0.868. The van der Waals surface area contributed by atoms with Gasteiger partial charge < -0.3 is 10.1 Å². The van der Waals surface area contributed by atoms with Crippen molar-refractivity contribution in [3.63, 3.8) is 0 Å². The highest BCUT2D eigenvalue weighted by Crippen LogP contribution is 2.09. The maximum atomic E-state index is 11.9. The first-order chi connectivity index (χ1) is 7.52. The number of nitrogens with zero attached hydrogens (tertiary/aromatic N) is 1. The van der Waals surface area contributed by atoms with Gasteiger partial charge in [-0.2, -0.15) is 0 Å². The van der Waals surface area contributed by atoms with E-state index in [1.807, 2.05) is 13.8 Å². The first kappa shape index (κ1) is 13.5. The van der Waals surface area contributed by atoms with Gasteiger partial charge in [0.1, 0.15) is 12.1 Å². The summed E-state index contributed by atoms with van der Waals surface area (Å²) in [5.74, 6) is 0.280. The zero-order chi connectivity index (χ0) is 12.1. The molecule has 1 saturated heterocycles. The highest BCUT2D eigenvalue weighted by Gasteiger charge is 2.25. The molecule has 2 unspecified atom stereocenters. The average molecular weight is 228 g/mol. The smallest absolute Gasteiger partial charge is 0.323 e. The van der Waals surface area contributed by atoms with E-state index < -0.39 is 0 Å². The van der Waals surface area contributed by atoms with Gasteiger partial charge in [0.25, 0.3) is 0 Å². The minimum absolute atomic E-state index is 0.00198. The lowest BCUT2D eigenvalue weighted by Gasteiger charge is -2.32. The third-order valence-electron chi connectivity index (χ3n) is 3.28. The topological polar surface area (TPSA) is 41.6 Å². The SMILES string of the molecule is CC(C)C(C)OC(=O)C(C)N1CCNCC1. The number of hydrogen-bond donors (Lipinski definition) is 1. The average Bonchev–Trinajstić information content (AvgIpc) is 2.28. The number of rotatable bonds is 4. The van der Waals surface area contributed by atoms with Gasteiger partial charge >= 0.3 is 5.97 Å². The number of ether oxygens (including phenoxy) is 1. The monoisotopic (exact) mass is 228 g/mol. The van der Waals surface area contributed by atoms with Gasteiger partial charge in [-0.3, -0.25) is 9.69 Å². The lowest BCUT2D eigenvalue weighted by Crippen LogP contribution is -2.50. The Hall–Kier alpha value is -0.610. The summed E-state index contributed by atoms with van der Waals surface area (Å²) in [7, 11) is 0. The van der Waals surface area contributed by atoms with Crippen molar-refractivity contribution >= 4 is 5.97 Å². The Kier molecular flexibility index (Phi) is 5.22. The normalized spacial score (nSPS) is 21.8. The molecule has 0 aliphatic carbocycles. The van der Waals surface area contributed by atoms with Gasteiger partial charge in [-0.25, -0.2) is 0 Å². The van der Waals surface area contributed by atoms with Crippen LogP contribution in [-0.2, 0) is 9.53 Å². The van der Waals surface area contributed by atoms with Gasteiger partial charge in [-0.15, -0.1) is 0 Å². The molecule has 1 aliphatic rings. The Morgan fingerprint density at radius 1 is 1.19 bits per heavy atom. The second-order valence-corrected chi connectivity index (χ2v) is 4.85. The molecule has 1 heterocycles. The molecule has 1 fully saturated rings. The fourth-order valence-corrected chi connectivity index (χ4v) is 1.64. The molecule has 0 amide bonds. The van der Waals surface area contributed by atoms with E-state index in [1.165, 1.54) is 0 Å². The van der Waals surface area contributed by atoms with Crippen LogP contribution in [0.3, 0.4) is 0 Å². The van der Waals surface area contributed by atoms with Gasteiger partial charge in [-0.05, 0) is 19.8 Å². The van der Waals surface area contributed by atoms with Crippen LogP contribution in [0, 0.1) is 5.92 Å². The Morgan fingerprint density at radius 3 is 2.25 bits per heavy atom. The van der Waals surface area contributed by atoms with Crippen LogP contribution in [0.1, 0.15) is 27.7 Å². The third kappa shape index (κ3) is 3.76. The van der Waals surface area contributed by atoms with Crippen molar-refractivity contribution in [3.05, 3.63) is 0 Å². The number of carbonyl (C=O) groups is 1. The van der Waals surface area contributed by atoms with E-state index in [1.54, 1.807) is 0 Å². The van der Waals surface area contributed by atoms with Crippen molar-refractivity contribution in [1.82, 2.24) is 10.2 Å². The van der Waals surface area contributed by atoms with Gasteiger partial charge in [0, 0.05) is 26.2 Å². The predicted molar refractivity (Wildman–Crippen MR) is 64.3 cm³/mol. The molecule has 0 aromatic rings. The van der Waals surface area contributed by atoms with E-state index in [9.17, 15) is 4.79 Å². The maximum Gasteiger partial charge on any atom is 0.323 e. The second-order valence-electron chi connectivity index (χ2n) is 4.85. The number of esters is 1. The summed E-state index contributed by atoms with van der Waals surface area (Å²) in [6.07, 6.45) is -0.00198. The van der Waals surface area contributed by atoms with Crippen LogP contribution >= 0.6 is 0 Å². The summed E-state index contributed by atoms with van der Waals surface area (Å²) >= 11 is 0. The minimum atomic E-state index is -0.122. The van der Waals surface area contributed by atoms with Gasteiger partial charge in [0.05, 0.1) is 0 Å². The summed E-state index contributed by atoms with van der Waals surface area (Å²) in [6, 6.07) is -0.122. The zero-order valence-corrected chi connectivity index (χ0v) is 10.8. The van der Waals surface area contributed by atoms with Gasteiger partial charge in [0.15, 0.2) is 0 Å². The van der Waals surface area contributed by atoms with Crippen molar-refractivity contribution in [2.75, 3.05) is 26.2 Å². The number of nitrogens with one attached hydrogen (secondary N) is 1. The van der Waals surface area contributed by atoms with Crippen LogP contribution in [0.25, 0.3) is 0 Å². The van der Waals surface area contributed by atoms with E-state index >= 15 is 0 Å². The minimum Gasteiger partial charge on any atom is -0.461 e. The standard InChI is InChI=1S/C12H24N2O2/c1-9(2)11(4)16-12(15)10(3)14-7-5-13-6-8-14/h9-11,13H,5-8H2,1-4H3.